The van der Waals surface area contributed by atoms with Crippen molar-refractivity contribution >= 4 is 0 Å². The van der Waals surface area contributed by atoms with Gasteiger partial charge in [0.05, 0.1) is 35.6 Å². The smallest absolute Gasteiger partial charge is 0.0938 e. The van der Waals surface area contributed by atoms with Crippen molar-refractivity contribution in [3.05, 3.63) is 0 Å². The van der Waals surface area contributed by atoms with Gasteiger partial charge in [0.2, 0.25) is 0 Å². The maximum absolute atomic E-state index is 5.92. The lowest BCUT2D eigenvalue weighted by Gasteiger charge is -2.51. The van der Waals surface area contributed by atoms with E-state index in [1.54, 1.807) is 0 Å². The first-order valence-corrected chi connectivity index (χ1v) is 18.1. The lowest BCUT2D eigenvalue weighted by molar-refractivity contribution is -0.217. The molecule has 0 aliphatic carbocycles. The molecule has 0 aromatic carbocycles. The molecule has 4 atom stereocenters. The van der Waals surface area contributed by atoms with Gasteiger partial charge < -0.3 is 38.5 Å². The van der Waals surface area contributed by atoms with E-state index < -0.39 is 0 Å². The highest BCUT2D eigenvalue weighted by molar-refractivity contribution is 5.00. The Morgan fingerprint density at radius 2 is 0.932 bits per heavy atom. The van der Waals surface area contributed by atoms with Crippen LogP contribution in [0.25, 0.3) is 0 Å². The molecule has 8 aliphatic rings. The molecular formula is C36H68N4O4. The predicted octanol–water partition coefficient (Wildman–Crippen LogP) is 4.47. The van der Waals surface area contributed by atoms with Crippen LogP contribution < -0.4 is 0 Å². The maximum atomic E-state index is 5.92. The van der Waals surface area contributed by atoms with E-state index in [4.69, 9.17) is 18.9 Å². The molecule has 0 aromatic heterocycles. The first-order chi connectivity index (χ1) is 20.8. The van der Waals surface area contributed by atoms with Crippen molar-refractivity contribution in [2.45, 2.75) is 101 Å². The van der Waals surface area contributed by atoms with Gasteiger partial charge in [0.15, 0.2) is 0 Å². The summed E-state index contributed by atoms with van der Waals surface area (Å²) < 4.78 is 23.1. The molecule has 256 valence electrons. The van der Waals surface area contributed by atoms with Crippen LogP contribution in [0.4, 0.5) is 0 Å². The summed E-state index contributed by atoms with van der Waals surface area (Å²) in [6.07, 6.45) is 10.1. The number of likely N-dealkylation sites (tertiary alicyclic amines) is 4. The van der Waals surface area contributed by atoms with Gasteiger partial charge in [-0.25, -0.2) is 0 Å². The summed E-state index contributed by atoms with van der Waals surface area (Å²) in [5, 5.41) is 0. The average Bonchev–Trinajstić information content (AvgIpc) is 3.52. The van der Waals surface area contributed by atoms with Gasteiger partial charge in [0, 0.05) is 71.5 Å². The van der Waals surface area contributed by atoms with Crippen LogP contribution in [-0.4, -0.2) is 149 Å². The van der Waals surface area contributed by atoms with E-state index in [-0.39, 0.29) is 16.8 Å². The average molecular weight is 621 g/mol. The highest BCUT2D eigenvalue weighted by atomic mass is 16.5. The van der Waals surface area contributed by atoms with Gasteiger partial charge in [-0.2, -0.15) is 0 Å². The van der Waals surface area contributed by atoms with Crippen LogP contribution in [0.3, 0.4) is 0 Å². The van der Waals surface area contributed by atoms with Crippen molar-refractivity contribution < 1.29 is 18.9 Å². The van der Waals surface area contributed by atoms with Crippen LogP contribution in [0.15, 0.2) is 0 Å². The van der Waals surface area contributed by atoms with Crippen molar-refractivity contribution in [2.75, 3.05) is 107 Å². The minimum atomic E-state index is 0.270. The van der Waals surface area contributed by atoms with Gasteiger partial charge >= 0.3 is 0 Å². The van der Waals surface area contributed by atoms with Gasteiger partial charge in [0.25, 0.3) is 0 Å². The van der Waals surface area contributed by atoms with Gasteiger partial charge in [-0.3, -0.25) is 0 Å². The largest absolute Gasteiger partial charge is 0.375 e. The predicted molar refractivity (Wildman–Crippen MR) is 178 cm³/mol. The van der Waals surface area contributed by atoms with Crippen LogP contribution >= 0.6 is 0 Å². The van der Waals surface area contributed by atoms with E-state index in [0.717, 1.165) is 76.3 Å². The monoisotopic (exact) mass is 621 g/mol. The van der Waals surface area contributed by atoms with Gasteiger partial charge in [-0.15, -0.1) is 0 Å². The molecular weight excluding hydrogens is 552 g/mol. The van der Waals surface area contributed by atoms with Crippen LogP contribution in [0.2, 0.25) is 0 Å². The third kappa shape index (κ3) is 8.58. The van der Waals surface area contributed by atoms with Crippen LogP contribution in [-0.2, 0) is 18.9 Å². The Bertz CT molecular complexity index is 880. The summed E-state index contributed by atoms with van der Waals surface area (Å²) in [6.45, 7) is 22.6. The molecule has 0 bridgehead atoms. The summed E-state index contributed by atoms with van der Waals surface area (Å²) in [5.41, 5.74) is 1.14. The molecule has 8 heterocycles. The molecule has 8 saturated heterocycles. The summed E-state index contributed by atoms with van der Waals surface area (Å²) in [4.78, 5) is 9.44. The maximum Gasteiger partial charge on any atom is 0.0938 e. The highest BCUT2D eigenvalue weighted by Gasteiger charge is 2.48. The van der Waals surface area contributed by atoms with Crippen molar-refractivity contribution in [3.63, 3.8) is 0 Å². The fourth-order valence-corrected chi connectivity index (χ4v) is 9.23. The first-order valence-electron chi connectivity index (χ1n) is 18.1. The zero-order valence-electron chi connectivity index (χ0n) is 29.9. The van der Waals surface area contributed by atoms with E-state index in [0.29, 0.717) is 5.60 Å². The molecule has 8 aliphatic heterocycles. The molecule has 8 fully saturated rings. The van der Waals surface area contributed by atoms with E-state index in [9.17, 15) is 0 Å². The lowest BCUT2D eigenvalue weighted by Crippen LogP contribution is -2.63. The van der Waals surface area contributed by atoms with Crippen LogP contribution in [0, 0.1) is 23.7 Å². The molecule has 8 rings (SSSR count). The Kier molecular flexibility index (Phi) is 11.5. The molecule has 44 heavy (non-hydrogen) atoms. The Morgan fingerprint density at radius 1 is 0.477 bits per heavy atom. The first kappa shape index (κ1) is 35.0. The fraction of sp³-hybridized carbons (Fsp3) is 1.00. The molecule has 0 aromatic rings. The van der Waals surface area contributed by atoms with Gasteiger partial charge in [-0.05, 0) is 97.3 Å². The van der Waals surface area contributed by atoms with Crippen molar-refractivity contribution in [1.82, 2.24) is 19.6 Å². The van der Waals surface area contributed by atoms with Crippen LogP contribution in [0.5, 0.6) is 0 Å². The molecule has 0 radical (unpaired) electrons. The Labute approximate surface area is 270 Å². The highest BCUT2D eigenvalue weighted by Crippen LogP contribution is 2.41. The number of hydrogen-bond donors (Lipinski definition) is 0. The summed E-state index contributed by atoms with van der Waals surface area (Å²) in [5.74, 6) is 3.25. The fourth-order valence-electron chi connectivity index (χ4n) is 9.23. The zero-order chi connectivity index (χ0) is 31.6. The number of ether oxygens (including phenoxy) is 4. The molecule has 0 amide bonds. The minimum absolute atomic E-state index is 0.270. The molecule has 4 spiro atoms. The van der Waals surface area contributed by atoms with E-state index in [2.05, 4.69) is 75.5 Å². The van der Waals surface area contributed by atoms with Gasteiger partial charge in [0.1, 0.15) is 0 Å². The standard InChI is InChI=1S/C10H19NO.2C9H17NO.C8H15NO/c1-9-7-10(12-8-9)3-5-11(2)6-4-10;1-8-7-11-9(8)3-5-10(2)6-4-9;1-8-3-4-11-9(5-8)6-10(2)7-9;1-7-3-8(10-4-7)5-9(2)6-8/h9H,3-8H2,1-2H3;2*8H,3-7H2,1-2H3;7H,3-6H2,1-2H3/t9-;2*8-;7-/m0110/s1. The summed E-state index contributed by atoms with van der Waals surface area (Å²) >= 11 is 0. The SMILES string of the molecule is C[C@@H]1CCOC2(C1)CN(C)C2.C[C@@H]1COC12CCN(C)CC2.C[C@@H]1COC2(C1)CN(C)C2.C[C@@H]1COC2(CCN(C)CC2)C1. The summed E-state index contributed by atoms with van der Waals surface area (Å²) in [7, 11) is 8.70. The van der Waals surface area contributed by atoms with Crippen molar-refractivity contribution in [3.8, 4) is 0 Å². The molecule has 0 N–H and O–H groups in total. The number of nitrogens with zero attached hydrogens (tertiary/aromatic N) is 4. The minimum Gasteiger partial charge on any atom is -0.375 e. The van der Waals surface area contributed by atoms with E-state index >= 15 is 0 Å². The molecule has 8 nitrogen and oxygen atoms in total. The van der Waals surface area contributed by atoms with Crippen molar-refractivity contribution in [2.24, 2.45) is 23.7 Å². The third-order valence-corrected chi connectivity index (χ3v) is 12.0. The topological polar surface area (TPSA) is 49.9 Å². The summed E-state index contributed by atoms with van der Waals surface area (Å²) in [6, 6.07) is 0. The Hall–Kier alpha value is -0.320. The van der Waals surface area contributed by atoms with Crippen LogP contribution in [0.1, 0.15) is 79.1 Å². The zero-order valence-corrected chi connectivity index (χ0v) is 29.9. The Morgan fingerprint density at radius 3 is 1.32 bits per heavy atom. The van der Waals surface area contributed by atoms with E-state index in [1.165, 1.54) is 77.5 Å². The third-order valence-electron chi connectivity index (χ3n) is 12.0. The number of rotatable bonds is 0. The second kappa shape index (κ2) is 14.4. The normalized spacial score (nSPS) is 37.1. The number of piperidine rings is 2. The quantitative estimate of drug-likeness (QED) is 0.394. The molecule has 0 unspecified atom stereocenters. The van der Waals surface area contributed by atoms with Gasteiger partial charge in [-0.1, -0.05) is 27.7 Å². The molecule has 0 saturated carbocycles. The van der Waals surface area contributed by atoms with Crippen molar-refractivity contribution in [1.29, 1.82) is 0 Å². The number of likely N-dealkylation sites (N-methyl/N-ethyl adjacent to an activating group) is 2. The second-order valence-corrected chi connectivity index (χ2v) is 17.0. The number of hydrogen-bond acceptors (Lipinski definition) is 8. The Balaban J connectivity index is 0.000000117. The molecule has 8 heteroatoms. The van der Waals surface area contributed by atoms with E-state index in [1.807, 2.05) is 0 Å². The second-order valence-electron chi connectivity index (χ2n) is 17.0. The lowest BCUT2D eigenvalue weighted by atomic mass is 9.76.